The zero-order valence-corrected chi connectivity index (χ0v) is 12.4. The SMILES string of the molecule is Cc1cc2nccn2cc1OC1CCN(CP)CC1. The molecule has 1 saturated heterocycles. The molecule has 4 nitrogen and oxygen atoms in total. The minimum absolute atomic E-state index is 0.340. The molecule has 0 aromatic carbocycles. The number of piperidine rings is 1. The normalized spacial score (nSPS) is 18.0. The van der Waals surface area contributed by atoms with Gasteiger partial charge in [-0.2, -0.15) is 0 Å². The van der Waals surface area contributed by atoms with E-state index >= 15 is 0 Å². The lowest BCUT2D eigenvalue weighted by Crippen LogP contribution is -2.37. The molecule has 1 atom stereocenters. The van der Waals surface area contributed by atoms with E-state index in [1.54, 1.807) is 0 Å². The molecule has 2 aromatic rings. The summed E-state index contributed by atoms with van der Waals surface area (Å²) in [6.45, 7) is 4.34. The zero-order valence-electron chi connectivity index (χ0n) is 11.2. The smallest absolute Gasteiger partial charge is 0.139 e. The van der Waals surface area contributed by atoms with E-state index < -0.39 is 0 Å². The Kier molecular flexibility index (Phi) is 3.72. The summed E-state index contributed by atoms with van der Waals surface area (Å²) in [5.41, 5.74) is 2.13. The second-order valence-corrected chi connectivity index (χ2v) is 5.50. The molecule has 0 saturated carbocycles. The maximum Gasteiger partial charge on any atom is 0.139 e. The predicted octanol–water partition coefficient (Wildman–Crippen LogP) is 2.32. The fourth-order valence-corrected chi connectivity index (χ4v) is 2.92. The molecular formula is C14H20N3OP. The van der Waals surface area contributed by atoms with Gasteiger partial charge in [-0.3, -0.25) is 4.90 Å². The van der Waals surface area contributed by atoms with Crippen LogP contribution in [-0.4, -0.2) is 39.8 Å². The van der Waals surface area contributed by atoms with Crippen molar-refractivity contribution in [1.82, 2.24) is 14.3 Å². The third-order valence-electron chi connectivity index (χ3n) is 3.78. The highest BCUT2D eigenvalue weighted by molar-refractivity contribution is 7.16. The Hall–Kier alpha value is -1.12. The van der Waals surface area contributed by atoms with Gasteiger partial charge in [0, 0.05) is 31.8 Å². The second kappa shape index (κ2) is 5.48. The van der Waals surface area contributed by atoms with E-state index in [2.05, 4.69) is 32.1 Å². The van der Waals surface area contributed by atoms with Crippen molar-refractivity contribution in [3.8, 4) is 5.75 Å². The summed E-state index contributed by atoms with van der Waals surface area (Å²) in [5.74, 6) is 0.981. The van der Waals surface area contributed by atoms with Crippen LogP contribution in [0.5, 0.6) is 5.75 Å². The van der Waals surface area contributed by atoms with Crippen LogP contribution < -0.4 is 4.74 Å². The largest absolute Gasteiger partial charge is 0.489 e. The fourth-order valence-electron chi connectivity index (χ4n) is 2.55. The molecule has 0 spiro atoms. The number of fused-ring (bicyclic) bond motifs is 1. The molecule has 3 rings (SSSR count). The number of rotatable bonds is 3. The topological polar surface area (TPSA) is 29.8 Å². The van der Waals surface area contributed by atoms with Crippen LogP contribution in [0.15, 0.2) is 24.7 Å². The number of hydrogen-bond acceptors (Lipinski definition) is 3. The number of ether oxygens (including phenoxy) is 1. The molecule has 1 unspecified atom stereocenters. The average Bonchev–Trinajstić information content (AvgIpc) is 2.87. The number of likely N-dealkylation sites (tertiary alicyclic amines) is 1. The molecule has 0 radical (unpaired) electrons. The van der Waals surface area contributed by atoms with Gasteiger partial charge in [-0.1, -0.05) is 0 Å². The van der Waals surface area contributed by atoms with Crippen molar-refractivity contribution in [2.24, 2.45) is 0 Å². The van der Waals surface area contributed by atoms with Gasteiger partial charge in [0.25, 0.3) is 0 Å². The van der Waals surface area contributed by atoms with Gasteiger partial charge < -0.3 is 9.14 Å². The molecule has 5 heteroatoms. The van der Waals surface area contributed by atoms with Crippen LogP contribution in [0, 0.1) is 6.92 Å². The van der Waals surface area contributed by atoms with Crippen molar-refractivity contribution in [3.05, 3.63) is 30.2 Å². The van der Waals surface area contributed by atoms with E-state index in [4.69, 9.17) is 4.74 Å². The maximum atomic E-state index is 6.17. The molecule has 1 aliphatic rings. The molecule has 0 N–H and O–H groups in total. The van der Waals surface area contributed by atoms with Gasteiger partial charge in [0.2, 0.25) is 0 Å². The van der Waals surface area contributed by atoms with Crippen molar-refractivity contribution in [2.45, 2.75) is 25.9 Å². The van der Waals surface area contributed by atoms with E-state index in [9.17, 15) is 0 Å². The van der Waals surface area contributed by atoms with Gasteiger partial charge in [0.15, 0.2) is 0 Å². The van der Waals surface area contributed by atoms with E-state index in [1.165, 1.54) is 0 Å². The fraction of sp³-hybridized carbons (Fsp3) is 0.500. The lowest BCUT2D eigenvalue weighted by Gasteiger charge is -2.31. The van der Waals surface area contributed by atoms with Gasteiger partial charge in [0.05, 0.1) is 6.20 Å². The molecule has 0 amide bonds. The number of hydrogen-bond donors (Lipinski definition) is 0. The minimum atomic E-state index is 0.340. The Labute approximate surface area is 116 Å². The second-order valence-electron chi connectivity index (χ2n) is 5.13. The maximum absolute atomic E-state index is 6.17. The number of imidazole rings is 1. The third-order valence-corrected chi connectivity index (χ3v) is 4.29. The summed E-state index contributed by atoms with van der Waals surface area (Å²) in [5, 5.41) is 0. The lowest BCUT2D eigenvalue weighted by atomic mass is 10.1. The Balaban J connectivity index is 1.72. The first kappa shape index (κ1) is 12.9. The Morgan fingerprint density at radius 2 is 2.21 bits per heavy atom. The number of pyridine rings is 1. The molecule has 3 heterocycles. The molecule has 0 bridgehead atoms. The first-order chi connectivity index (χ1) is 9.26. The van der Waals surface area contributed by atoms with E-state index in [-0.39, 0.29) is 0 Å². The molecule has 1 fully saturated rings. The minimum Gasteiger partial charge on any atom is -0.489 e. The van der Waals surface area contributed by atoms with Crippen molar-refractivity contribution in [1.29, 1.82) is 0 Å². The highest BCUT2D eigenvalue weighted by Gasteiger charge is 2.20. The number of nitrogens with zero attached hydrogens (tertiary/aromatic N) is 3. The summed E-state index contributed by atoms with van der Waals surface area (Å²) >= 11 is 0. The van der Waals surface area contributed by atoms with Crippen LogP contribution in [0.1, 0.15) is 18.4 Å². The first-order valence-corrected chi connectivity index (χ1v) is 7.60. The van der Waals surface area contributed by atoms with Crippen LogP contribution in [0.25, 0.3) is 5.65 Å². The van der Waals surface area contributed by atoms with Crippen molar-refractivity contribution < 1.29 is 4.74 Å². The molecule has 102 valence electrons. The first-order valence-electron chi connectivity index (χ1n) is 6.78. The molecule has 1 aliphatic heterocycles. The summed E-state index contributed by atoms with van der Waals surface area (Å²) in [4.78, 5) is 6.73. The highest BCUT2D eigenvalue weighted by Crippen LogP contribution is 2.23. The summed E-state index contributed by atoms with van der Waals surface area (Å²) in [6, 6.07) is 2.08. The number of aryl methyl sites for hydroxylation is 1. The summed E-state index contributed by atoms with van der Waals surface area (Å²) in [6.07, 6.45) is 9.43. The van der Waals surface area contributed by atoms with Crippen LogP contribution in [0.2, 0.25) is 0 Å². The molecule has 2 aromatic heterocycles. The third kappa shape index (κ3) is 2.75. The predicted molar refractivity (Wildman–Crippen MR) is 79.7 cm³/mol. The van der Waals surface area contributed by atoms with Crippen LogP contribution in [-0.2, 0) is 0 Å². The average molecular weight is 277 g/mol. The lowest BCUT2D eigenvalue weighted by molar-refractivity contribution is 0.110. The Bertz CT molecular complexity index is 561. The molecular weight excluding hydrogens is 257 g/mol. The van der Waals surface area contributed by atoms with Crippen LogP contribution >= 0.6 is 9.24 Å². The number of aromatic nitrogens is 2. The monoisotopic (exact) mass is 277 g/mol. The summed E-state index contributed by atoms with van der Waals surface area (Å²) < 4.78 is 8.19. The van der Waals surface area contributed by atoms with E-state index in [1.807, 2.05) is 23.0 Å². The molecule has 19 heavy (non-hydrogen) atoms. The van der Waals surface area contributed by atoms with Crippen molar-refractivity contribution >= 4 is 14.9 Å². The van der Waals surface area contributed by atoms with Crippen LogP contribution in [0.4, 0.5) is 0 Å². The van der Waals surface area contributed by atoms with E-state index in [0.717, 1.165) is 49.2 Å². The van der Waals surface area contributed by atoms with Crippen LogP contribution in [0.3, 0.4) is 0 Å². The highest BCUT2D eigenvalue weighted by atomic mass is 31.0. The van der Waals surface area contributed by atoms with E-state index in [0.29, 0.717) is 6.10 Å². The van der Waals surface area contributed by atoms with Gasteiger partial charge >= 0.3 is 0 Å². The summed E-state index contributed by atoms with van der Waals surface area (Å²) in [7, 11) is 2.79. The van der Waals surface area contributed by atoms with Crippen molar-refractivity contribution in [2.75, 3.05) is 19.4 Å². The standard InChI is InChI=1S/C14H20N3OP/c1-11-8-14-15-4-7-17(14)9-13(11)18-12-2-5-16(10-19)6-3-12/h4,7-9,12H,2-3,5-6,10,19H2,1H3. The molecule has 0 aliphatic carbocycles. The van der Waals surface area contributed by atoms with Gasteiger partial charge in [0.1, 0.15) is 17.5 Å². The van der Waals surface area contributed by atoms with Gasteiger partial charge in [-0.25, -0.2) is 4.98 Å². The Morgan fingerprint density at radius 1 is 1.42 bits per heavy atom. The Morgan fingerprint density at radius 3 is 2.95 bits per heavy atom. The van der Waals surface area contributed by atoms with Crippen molar-refractivity contribution in [3.63, 3.8) is 0 Å². The quantitative estimate of drug-likeness (QED) is 0.806. The zero-order chi connectivity index (χ0) is 13.2. The van der Waals surface area contributed by atoms with Gasteiger partial charge in [-0.05, 0) is 31.4 Å². The van der Waals surface area contributed by atoms with Gasteiger partial charge in [-0.15, -0.1) is 9.24 Å².